The van der Waals surface area contributed by atoms with Gasteiger partial charge in [-0.3, -0.25) is 4.99 Å². The number of rotatable bonds is 5. The highest BCUT2D eigenvalue weighted by atomic mass is 16.6. The van der Waals surface area contributed by atoms with E-state index >= 15 is 0 Å². The highest BCUT2D eigenvalue weighted by molar-refractivity contribution is 5.78. The van der Waals surface area contributed by atoms with E-state index in [0.29, 0.717) is 19.0 Å². The summed E-state index contributed by atoms with van der Waals surface area (Å²) >= 11 is 0. The Hall–Kier alpha value is -1.46. The van der Waals surface area contributed by atoms with E-state index in [1.807, 2.05) is 39.5 Å². The monoisotopic (exact) mass is 258 g/mol. The van der Waals surface area contributed by atoms with Gasteiger partial charge in [0.25, 0.3) is 0 Å². The second kappa shape index (κ2) is 7.79. The number of carbonyl (C=O) groups is 1. The number of nitrogens with one attached hydrogen (secondary N) is 1. The summed E-state index contributed by atoms with van der Waals surface area (Å²) in [6.45, 7) is 12.0. The number of carbonyl (C=O) groups excluding carboxylic acids is 1. The molecule has 0 aliphatic heterocycles. The number of aliphatic imine (C=N–C) groups is 1. The fourth-order valence-electron chi connectivity index (χ4n) is 1.29. The lowest BCUT2D eigenvalue weighted by Crippen LogP contribution is -2.38. The van der Waals surface area contributed by atoms with Crippen molar-refractivity contribution in [1.29, 1.82) is 0 Å². The zero-order chi connectivity index (χ0) is 14.2. The van der Waals surface area contributed by atoms with E-state index in [-0.39, 0.29) is 0 Å². The van der Waals surface area contributed by atoms with Crippen LogP contribution in [-0.4, -0.2) is 48.7 Å². The van der Waals surface area contributed by atoms with Gasteiger partial charge in [-0.25, -0.2) is 4.79 Å². The van der Waals surface area contributed by atoms with E-state index in [2.05, 4.69) is 10.3 Å². The van der Waals surface area contributed by atoms with Crippen molar-refractivity contribution < 1.29 is 9.53 Å². The smallest absolute Gasteiger partial charge is 0.407 e. The molecule has 0 aromatic heterocycles. The van der Waals surface area contributed by atoms with E-state index in [9.17, 15) is 4.79 Å². The Kier molecular flexibility index (Phi) is 7.16. The van der Waals surface area contributed by atoms with Crippen molar-refractivity contribution >= 4 is 12.1 Å². The molecule has 0 rings (SSSR count). The largest absolute Gasteiger partial charge is 0.444 e. The van der Waals surface area contributed by atoms with Crippen molar-refractivity contribution in [2.24, 2.45) is 10.7 Å². The molecule has 0 spiro atoms. The summed E-state index contributed by atoms with van der Waals surface area (Å²) in [4.78, 5) is 17.5. The molecule has 0 aromatic rings. The van der Waals surface area contributed by atoms with Crippen LogP contribution < -0.4 is 11.1 Å². The van der Waals surface area contributed by atoms with Crippen LogP contribution in [0.3, 0.4) is 0 Å². The fraction of sp³-hybridized carbons (Fsp3) is 0.833. The molecule has 0 fully saturated rings. The number of guanidine groups is 1. The van der Waals surface area contributed by atoms with Crippen molar-refractivity contribution in [1.82, 2.24) is 10.2 Å². The van der Waals surface area contributed by atoms with Crippen molar-refractivity contribution in [3.63, 3.8) is 0 Å². The average molecular weight is 258 g/mol. The number of nitrogens with zero attached hydrogens (tertiary/aromatic N) is 2. The molecule has 6 nitrogen and oxygen atoms in total. The molecule has 6 heteroatoms. The molecule has 0 aromatic carbocycles. The predicted octanol–water partition coefficient (Wildman–Crippen LogP) is 1.17. The summed E-state index contributed by atoms with van der Waals surface area (Å²) < 4.78 is 5.09. The minimum atomic E-state index is -0.479. The maximum Gasteiger partial charge on any atom is 0.407 e. The first-order valence-corrected chi connectivity index (χ1v) is 6.31. The van der Waals surface area contributed by atoms with Crippen LogP contribution in [0.4, 0.5) is 4.79 Å². The van der Waals surface area contributed by atoms with Gasteiger partial charge in [0, 0.05) is 19.6 Å². The first-order chi connectivity index (χ1) is 8.30. The molecule has 0 radical (unpaired) electrons. The molecule has 0 heterocycles. The van der Waals surface area contributed by atoms with E-state index in [4.69, 9.17) is 10.5 Å². The summed E-state index contributed by atoms with van der Waals surface area (Å²) in [5.41, 5.74) is 5.31. The van der Waals surface area contributed by atoms with E-state index in [1.165, 1.54) is 0 Å². The van der Waals surface area contributed by atoms with Crippen LogP contribution in [0.1, 0.15) is 34.6 Å². The van der Waals surface area contributed by atoms with Gasteiger partial charge in [-0.15, -0.1) is 0 Å². The minimum Gasteiger partial charge on any atom is -0.444 e. The van der Waals surface area contributed by atoms with Gasteiger partial charge in [-0.2, -0.15) is 0 Å². The molecule has 0 saturated heterocycles. The molecule has 106 valence electrons. The Labute approximate surface area is 110 Å². The van der Waals surface area contributed by atoms with Crippen molar-refractivity contribution in [2.75, 3.05) is 26.2 Å². The zero-order valence-electron chi connectivity index (χ0n) is 12.1. The highest BCUT2D eigenvalue weighted by Crippen LogP contribution is 2.05. The molecule has 0 aliphatic rings. The minimum absolute atomic E-state index is 0.414. The van der Waals surface area contributed by atoms with Gasteiger partial charge in [-0.05, 0) is 34.6 Å². The number of alkyl carbamates (subject to hydrolysis) is 1. The van der Waals surface area contributed by atoms with Crippen LogP contribution in [0, 0.1) is 0 Å². The number of ether oxygens (including phenoxy) is 1. The fourth-order valence-corrected chi connectivity index (χ4v) is 1.29. The third kappa shape index (κ3) is 7.76. The first kappa shape index (κ1) is 16.5. The summed E-state index contributed by atoms with van der Waals surface area (Å²) in [5.74, 6) is 0.506. The SMILES string of the molecule is CCN(CC)C(N)=NCCNC(=O)OC(C)(C)C. The van der Waals surface area contributed by atoms with Crippen LogP contribution in [-0.2, 0) is 4.74 Å². The van der Waals surface area contributed by atoms with E-state index in [1.54, 1.807) is 0 Å². The Morgan fingerprint density at radius 1 is 1.33 bits per heavy atom. The lowest BCUT2D eigenvalue weighted by Gasteiger charge is -2.20. The normalized spacial score (nSPS) is 12.2. The van der Waals surface area contributed by atoms with Crippen molar-refractivity contribution in [3.8, 4) is 0 Å². The number of hydrogen-bond donors (Lipinski definition) is 2. The molecule has 3 N–H and O–H groups in total. The van der Waals surface area contributed by atoms with Gasteiger partial charge in [0.1, 0.15) is 5.60 Å². The van der Waals surface area contributed by atoms with Crippen molar-refractivity contribution in [2.45, 2.75) is 40.2 Å². The van der Waals surface area contributed by atoms with Crippen LogP contribution in [0.2, 0.25) is 0 Å². The predicted molar refractivity (Wildman–Crippen MR) is 73.6 cm³/mol. The molecular weight excluding hydrogens is 232 g/mol. The van der Waals surface area contributed by atoms with Gasteiger partial charge in [-0.1, -0.05) is 0 Å². The van der Waals surface area contributed by atoms with Crippen LogP contribution in [0.25, 0.3) is 0 Å². The van der Waals surface area contributed by atoms with Crippen LogP contribution >= 0.6 is 0 Å². The third-order valence-corrected chi connectivity index (χ3v) is 2.14. The molecule has 0 atom stereocenters. The Bertz CT molecular complexity index is 280. The summed E-state index contributed by atoms with van der Waals surface area (Å²) in [7, 11) is 0. The standard InChI is InChI=1S/C12H26N4O2/c1-6-16(7-2)10(13)14-8-9-15-11(17)18-12(3,4)5/h6-9H2,1-5H3,(H2,13,14)(H,15,17). The molecule has 0 aliphatic carbocycles. The lowest BCUT2D eigenvalue weighted by molar-refractivity contribution is 0.0529. The van der Waals surface area contributed by atoms with E-state index < -0.39 is 11.7 Å². The maximum atomic E-state index is 11.3. The van der Waals surface area contributed by atoms with Crippen LogP contribution in [0.5, 0.6) is 0 Å². The molecule has 0 bridgehead atoms. The topological polar surface area (TPSA) is 80.0 Å². The molecule has 1 amide bonds. The van der Waals surface area contributed by atoms with Gasteiger partial charge < -0.3 is 20.7 Å². The second-order valence-electron chi connectivity index (χ2n) is 4.84. The molecular formula is C12H26N4O2. The molecule has 0 unspecified atom stereocenters. The first-order valence-electron chi connectivity index (χ1n) is 6.31. The van der Waals surface area contributed by atoms with Crippen LogP contribution in [0.15, 0.2) is 4.99 Å². The maximum absolute atomic E-state index is 11.3. The van der Waals surface area contributed by atoms with E-state index in [0.717, 1.165) is 13.1 Å². The molecule has 18 heavy (non-hydrogen) atoms. The van der Waals surface area contributed by atoms with Gasteiger partial charge in [0.15, 0.2) is 5.96 Å². The van der Waals surface area contributed by atoms with Crippen molar-refractivity contribution in [3.05, 3.63) is 0 Å². The Morgan fingerprint density at radius 3 is 2.33 bits per heavy atom. The summed E-state index contributed by atoms with van der Waals surface area (Å²) in [6, 6.07) is 0. The number of hydrogen-bond acceptors (Lipinski definition) is 3. The highest BCUT2D eigenvalue weighted by Gasteiger charge is 2.15. The van der Waals surface area contributed by atoms with Gasteiger partial charge >= 0.3 is 6.09 Å². The Balaban J connectivity index is 3.92. The average Bonchev–Trinajstić information content (AvgIpc) is 2.23. The summed E-state index contributed by atoms with van der Waals surface area (Å²) in [5, 5.41) is 2.63. The zero-order valence-corrected chi connectivity index (χ0v) is 12.1. The third-order valence-electron chi connectivity index (χ3n) is 2.14. The van der Waals surface area contributed by atoms with Gasteiger partial charge in [0.2, 0.25) is 0 Å². The summed E-state index contributed by atoms with van der Waals surface area (Å²) in [6.07, 6.45) is -0.431. The quantitative estimate of drug-likeness (QED) is 0.441. The second-order valence-corrected chi connectivity index (χ2v) is 4.84. The number of nitrogens with two attached hydrogens (primary N) is 1. The molecule has 0 saturated carbocycles. The lowest BCUT2D eigenvalue weighted by atomic mass is 10.2. The number of amides is 1. The van der Waals surface area contributed by atoms with Gasteiger partial charge in [0.05, 0.1) is 6.54 Å². The Morgan fingerprint density at radius 2 is 1.89 bits per heavy atom.